The van der Waals surface area contributed by atoms with Crippen LogP contribution < -0.4 is 14.8 Å². The summed E-state index contributed by atoms with van der Waals surface area (Å²) >= 11 is 0. The van der Waals surface area contributed by atoms with Crippen LogP contribution in [0.25, 0.3) is 0 Å². The molecule has 0 bridgehead atoms. The number of nitriles is 1. The maximum atomic E-state index is 11.5. The monoisotopic (exact) mass is 292 g/mol. The van der Waals surface area contributed by atoms with Crippen LogP contribution in [0, 0.1) is 11.3 Å². The molecule has 112 valence electrons. The van der Waals surface area contributed by atoms with Crippen molar-refractivity contribution in [1.82, 2.24) is 5.32 Å². The number of rotatable bonds is 8. The Labute approximate surface area is 122 Å². The van der Waals surface area contributed by atoms with Gasteiger partial charge in [0.15, 0.2) is 18.1 Å². The third-order valence-electron chi connectivity index (χ3n) is 2.42. The van der Waals surface area contributed by atoms with Crippen LogP contribution in [0.15, 0.2) is 18.2 Å². The Morgan fingerprint density at radius 3 is 2.76 bits per heavy atom. The van der Waals surface area contributed by atoms with Gasteiger partial charge in [0.2, 0.25) is 0 Å². The maximum absolute atomic E-state index is 11.5. The number of carboxylic acid groups (broad SMARTS) is 1. The number of ether oxygens (including phenoxy) is 2. The first kappa shape index (κ1) is 16.3. The molecule has 0 fully saturated rings. The summed E-state index contributed by atoms with van der Waals surface area (Å²) in [6, 6.07) is 6.37. The van der Waals surface area contributed by atoms with Gasteiger partial charge in [0.25, 0.3) is 5.91 Å². The third kappa shape index (κ3) is 5.03. The molecule has 0 aliphatic rings. The van der Waals surface area contributed by atoms with E-state index in [1.165, 1.54) is 12.1 Å². The fourth-order valence-electron chi connectivity index (χ4n) is 1.55. The van der Waals surface area contributed by atoms with Crippen molar-refractivity contribution in [3.8, 4) is 17.6 Å². The van der Waals surface area contributed by atoms with Gasteiger partial charge in [-0.3, -0.25) is 4.79 Å². The first-order valence-electron chi connectivity index (χ1n) is 6.35. The van der Waals surface area contributed by atoms with E-state index in [-0.39, 0.29) is 36.6 Å². The summed E-state index contributed by atoms with van der Waals surface area (Å²) < 4.78 is 10.6. The van der Waals surface area contributed by atoms with Crippen LogP contribution in [-0.2, 0) is 4.79 Å². The second kappa shape index (κ2) is 8.43. The molecule has 0 aliphatic carbocycles. The van der Waals surface area contributed by atoms with Gasteiger partial charge in [0.05, 0.1) is 19.1 Å². The van der Waals surface area contributed by atoms with Crippen molar-refractivity contribution in [1.29, 1.82) is 5.26 Å². The van der Waals surface area contributed by atoms with Gasteiger partial charge in [-0.1, -0.05) is 6.07 Å². The average molecular weight is 292 g/mol. The summed E-state index contributed by atoms with van der Waals surface area (Å²) in [5, 5.41) is 20.0. The summed E-state index contributed by atoms with van der Waals surface area (Å²) in [6.45, 7) is 1.97. The van der Waals surface area contributed by atoms with Gasteiger partial charge in [-0.2, -0.15) is 5.26 Å². The lowest BCUT2D eigenvalue weighted by Gasteiger charge is -2.13. The molecule has 0 atom stereocenters. The Bertz CT molecular complexity index is 551. The van der Waals surface area contributed by atoms with E-state index in [9.17, 15) is 9.59 Å². The molecule has 7 nitrogen and oxygen atoms in total. The Morgan fingerprint density at radius 2 is 2.14 bits per heavy atom. The van der Waals surface area contributed by atoms with Gasteiger partial charge in [0, 0.05) is 6.54 Å². The molecule has 2 N–H and O–H groups in total. The second-order valence-corrected chi connectivity index (χ2v) is 3.92. The van der Waals surface area contributed by atoms with E-state index in [0.29, 0.717) is 6.61 Å². The average Bonchev–Trinajstić information content (AvgIpc) is 2.46. The number of carboxylic acids is 1. The molecule has 1 aromatic carbocycles. The van der Waals surface area contributed by atoms with E-state index in [1.54, 1.807) is 13.0 Å². The van der Waals surface area contributed by atoms with Crippen LogP contribution in [0.5, 0.6) is 11.5 Å². The smallest absolute Gasteiger partial charge is 0.339 e. The summed E-state index contributed by atoms with van der Waals surface area (Å²) in [4.78, 5) is 22.7. The number of nitrogens with one attached hydrogen (secondary N) is 1. The maximum Gasteiger partial charge on any atom is 0.339 e. The van der Waals surface area contributed by atoms with Gasteiger partial charge in [-0.05, 0) is 19.1 Å². The minimum Gasteiger partial charge on any atom is -0.490 e. The molecule has 21 heavy (non-hydrogen) atoms. The highest BCUT2D eigenvalue weighted by Gasteiger charge is 2.17. The van der Waals surface area contributed by atoms with Crippen molar-refractivity contribution in [2.45, 2.75) is 13.3 Å². The highest BCUT2D eigenvalue weighted by atomic mass is 16.5. The van der Waals surface area contributed by atoms with Crippen molar-refractivity contribution in [3.05, 3.63) is 23.8 Å². The summed E-state index contributed by atoms with van der Waals surface area (Å²) in [7, 11) is 0. The van der Waals surface area contributed by atoms with Gasteiger partial charge >= 0.3 is 5.97 Å². The van der Waals surface area contributed by atoms with Crippen molar-refractivity contribution in [2.75, 3.05) is 19.8 Å². The van der Waals surface area contributed by atoms with Crippen molar-refractivity contribution in [3.63, 3.8) is 0 Å². The van der Waals surface area contributed by atoms with E-state index in [0.717, 1.165) is 0 Å². The minimum atomic E-state index is -1.17. The number of carbonyl (C=O) groups excluding carboxylic acids is 1. The number of aromatic carboxylic acids is 1. The van der Waals surface area contributed by atoms with Gasteiger partial charge in [-0.15, -0.1) is 0 Å². The number of amides is 1. The summed E-state index contributed by atoms with van der Waals surface area (Å²) in [5.41, 5.74) is -0.0780. The number of nitrogens with zero attached hydrogens (tertiary/aromatic N) is 1. The fourth-order valence-corrected chi connectivity index (χ4v) is 1.55. The van der Waals surface area contributed by atoms with Gasteiger partial charge < -0.3 is 19.9 Å². The Morgan fingerprint density at radius 1 is 1.38 bits per heavy atom. The summed E-state index contributed by atoms with van der Waals surface area (Å²) in [6.07, 6.45) is 0.196. The van der Waals surface area contributed by atoms with Crippen molar-refractivity contribution >= 4 is 11.9 Å². The molecule has 0 saturated heterocycles. The number of benzene rings is 1. The molecule has 0 aliphatic heterocycles. The highest BCUT2D eigenvalue weighted by molar-refractivity contribution is 5.92. The van der Waals surface area contributed by atoms with E-state index in [2.05, 4.69) is 5.32 Å². The van der Waals surface area contributed by atoms with Crippen LogP contribution in [-0.4, -0.2) is 36.7 Å². The van der Waals surface area contributed by atoms with E-state index in [1.807, 2.05) is 6.07 Å². The topological polar surface area (TPSA) is 109 Å². The minimum absolute atomic E-state index is 0.0160. The lowest BCUT2D eigenvalue weighted by molar-refractivity contribution is -0.123. The molecule has 1 amide bonds. The second-order valence-electron chi connectivity index (χ2n) is 3.92. The Hall–Kier alpha value is -2.75. The van der Waals surface area contributed by atoms with E-state index in [4.69, 9.17) is 19.8 Å². The zero-order valence-corrected chi connectivity index (χ0v) is 11.6. The molecule has 1 rings (SSSR count). The number of carbonyl (C=O) groups is 2. The number of hydrogen-bond donors (Lipinski definition) is 2. The first-order chi connectivity index (χ1) is 10.1. The predicted octanol–water partition coefficient (Wildman–Crippen LogP) is 1.19. The molecule has 0 aromatic heterocycles. The zero-order valence-electron chi connectivity index (χ0n) is 11.6. The zero-order chi connectivity index (χ0) is 15.7. The van der Waals surface area contributed by atoms with Gasteiger partial charge in [0.1, 0.15) is 5.56 Å². The number of para-hydroxylation sites is 1. The molecule has 0 saturated carbocycles. The Balaban J connectivity index is 2.78. The SMILES string of the molecule is CCOc1cccc(C(=O)O)c1OCC(=O)NCCC#N. The van der Waals surface area contributed by atoms with Crippen LogP contribution in [0.4, 0.5) is 0 Å². The van der Waals surface area contributed by atoms with Gasteiger partial charge in [-0.25, -0.2) is 4.79 Å². The quantitative estimate of drug-likeness (QED) is 0.697. The molecular weight excluding hydrogens is 276 g/mol. The largest absolute Gasteiger partial charge is 0.490 e. The standard InChI is InChI=1S/C14H16N2O5/c1-2-20-11-6-3-5-10(14(18)19)13(11)21-9-12(17)16-8-4-7-15/h3,5-6H,2,4,8-9H2,1H3,(H,16,17)(H,18,19). The molecular formula is C14H16N2O5. The first-order valence-corrected chi connectivity index (χ1v) is 6.35. The molecule has 1 aromatic rings. The predicted molar refractivity (Wildman–Crippen MR) is 73.3 cm³/mol. The summed E-state index contributed by atoms with van der Waals surface area (Å²) in [5.74, 6) is -1.33. The fraction of sp³-hybridized carbons (Fsp3) is 0.357. The van der Waals surface area contributed by atoms with Crippen LogP contribution >= 0.6 is 0 Å². The Kier molecular flexibility index (Phi) is 6.54. The van der Waals surface area contributed by atoms with Crippen molar-refractivity contribution < 1.29 is 24.2 Å². The van der Waals surface area contributed by atoms with Crippen LogP contribution in [0.2, 0.25) is 0 Å². The lowest BCUT2D eigenvalue weighted by Crippen LogP contribution is -2.29. The highest BCUT2D eigenvalue weighted by Crippen LogP contribution is 2.31. The number of hydrogen-bond acceptors (Lipinski definition) is 5. The van der Waals surface area contributed by atoms with Crippen LogP contribution in [0.1, 0.15) is 23.7 Å². The molecule has 0 radical (unpaired) electrons. The lowest BCUT2D eigenvalue weighted by atomic mass is 10.2. The molecule has 0 heterocycles. The third-order valence-corrected chi connectivity index (χ3v) is 2.42. The molecule has 0 spiro atoms. The molecule has 0 unspecified atom stereocenters. The van der Waals surface area contributed by atoms with Crippen molar-refractivity contribution in [2.24, 2.45) is 0 Å². The van der Waals surface area contributed by atoms with E-state index >= 15 is 0 Å². The normalized spacial score (nSPS) is 9.52. The molecule has 7 heteroatoms. The van der Waals surface area contributed by atoms with Crippen LogP contribution in [0.3, 0.4) is 0 Å². The van der Waals surface area contributed by atoms with E-state index < -0.39 is 11.9 Å².